The molecule has 0 aliphatic carbocycles. The van der Waals surface area contributed by atoms with Crippen molar-refractivity contribution in [3.05, 3.63) is 17.0 Å². The van der Waals surface area contributed by atoms with Gasteiger partial charge in [-0.25, -0.2) is 0 Å². The maximum atomic E-state index is 11.0. The van der Waals surface area contributed by atoms with Crippen molar-refractivity contribution in [1.82, 2.24) is 20.4 Å². The first-order valence-electron chi connectivity index (χ1n) is 6.56. The molecule has 2 N–H and O–H groups in total. The molecular weight excluding hydrogens is 228 g/mol. The van der Waals surface area contributed by atoms with Crippen LogP contribution >= 0.6 is 0 Å². The highest BCUT2D eigenvalue weighted by atomic mass is 16.1. The zero-order valence-corrected chi connectivity index (χ0v) is 11.4. The summed E-state index contributed by atoms with van der Waals surface area (Å²) in [6, 6.07) is 0.328. The SMILES string of the molecule is CC(=O)N[C@H]1CCN(CCc2c(C)n[nH]c2C)C1. The van der Waals surface area contributed by atoms with Crippen LogP contribution in [0.3, 0.4) is 0 Å². The van der Waals surface area contributed by atoms with Crippen molar-refractivity contribution in [2.75, 3.05) is 19.6 Å². The number of hydrogen-bond donors (Lipinski definition) is 2. The van der Waals surface area contributed by atoms with Gasteiger partial charge in [-0.1, -0.05) is 0 Å². The van der Waals surface area contributed by atoms with Crippen molar-refractivity contribution in [1.29, 1.82) is 0 Å². The first kappa shape index (κ1) is 13.1. The van der Waals surface area contributed by atoms with E-state index in [9.17, 15) is 4.79 Å². The lowest BCUT2D eigenvalue weighted by Crippen LogP contribution is -2.36. The quantitative estimate of drug-likeness (QED) is 0.830. The van der Waals surface area contributed by atoms with E-state index >= 15 is 0 Å². The standard InChI is InChI=1S/C13H22N4O/c1-9-13(10(2)16-15-9)5-7-17-6-4-12(8-17)14-11(3)18/h12H,4-8H2,1-3H3,(H,14,18)(H,15,16)/t12-/m0/s1. The van der Waals surface area contributed by atoms with Gasteiger partial charge in [0.1, 0.15) is 0 Å². The summed E-state index contributed by atoms with van der Waals surface area (Å²) in [5.41, 5.74) is 3.60. The Morgan fingerprint density at radius 1 is 1.56 bits per heavy atom. The largest absolute Gasteiger partial charge is 0.352 e. The molecule has 1 amide bonds. The number of aromatic nitrogens is 2. The molecule has 18 heavy (non-hydrogen) atoms. The van der Waals surface area contributed by atoms with Crippen LogP contribution in [0.5, 0.6) is 0 Å². The number of amides is 1. The number of carbonyl (C=O) groups is 1. The number of H-pyrrole nitrogens is 1. The smallest absolute Gasteiger partial charge is 0.217 e. The fraction of sp³-hybridized carbons (Fsp3) is 0.692. The molecule has 1 aromatic heterocycles. The van der Waals surface area contributed by atoms with Crippen LogP contribution in [0.4, 0.5) is 0 Å². The Balaban J connectivity index is 1.80. The van der Waals surface area contributed by atoms with Crippen molar-refractivity contribution in [2.45, 2.75) is 39.7 Å². The predicted molar refractivity (Wildman–Crippen MR) is 70.4 cm³/mol. The average Bonchev–Trinajstić information content (AvgIpc) is 2.84. The van der Waals surface area contributed by atoms with Crippen molar-refractivity contribution >= 4 is 5.91 Å². The van der Waals surface area contributed by atoms with E-state index in [0.29, 0.717) is 6.04 Å². The van der Waals surface area contributed by atoms with Crippen molar-refractivity contribution < 1.29 is 4.79 Å². The molecule has 2 heterocycles. The summed E-state index contributed by atoms with van der Waals surface area (Å²) >= 11 is 0. The Labute approximate surface area is 108 Å². The number of hydrogen-bond acceptors (Lipinski definition) is 3. The minimum atomic E-state index is 0.0726. The minimum absolute atomic E-state index is 0.0726. The number of likely N-dealkylation sites (tertiary alicyclic amines) is 1. The molecule has 1 aliphatic heterocycles. The van der Waals surface area contributed by atoms with Crippen molar-refractivity contribution in [2.24, 2.45) is 0 Å². The van der Waals surface area contributed by atoms with Crippen LogP contribution in [0.15, 0.2) is 0 Å². The van der Waals surface area contributed by atoms with Gasteiger partial charge in [0.05, 0.1) is 5.69 Å². The van der Waals surface area contributed by atoms with E-state index in [4.69, 9.17) is 0 Å². The lowest BCUT2D eigenvalue weighted by molar-refractivity contribution is -0.119. The molecule has 0 aromatic carbocycles. The predicted octanol–water partition coefficient (Wildman–Crippen LogP) is 0.779. The van der Waals surface area contributed by atoms with E-state index in [2.05, 4.69) is 27.3 Å². The lowest BCUT2D eigenvalue weighted by Gasteiger charge is -2.16. The molecule has 0 bridgehead atoms. The maximum Gasteiger partial charge on any atom is 0.217 e. The van der Waals surface area contributed by atoms with E-state index in [1.165, 1.54) is 11.3 Å². The van der Waals surface area contributed by atoms with Crippen molar-refractivity contribution in [3.8, 4) is 0 Å². The van der Waals surface area contributed by atoms with Gasteiger partial charge in [0.15, 0.2) is 0 Å². The molecule has 100 valence electrons. The lowest BCUT2D eigenvalue weighted by atomic mass is 10.1. The highest BCUT2D eigenvalue weighted by Gasteiger charge is 2.22. The van der Waals surface area contributed by atoms with Crippen LogP contribution in [0.1, 0.15) is 30.3 Å². The number of rotatable bonds is 4. The number of nitrogens with one attached hydrogen (secondary N) is 2. The summed E-state index contributed by atoms with van der Waals surface area (Å²) in [5.74, 6) is 0.0726. The Morgan fingerprint density at radius 2 is 2.33 bits per heavy atom. The second-order valence-corrected chi connectivity index (χ2v) is 5.15. The number of carbonyl (C=O) groups excluding carboxylic acids is 1. The highest BCUT2D eigenvalue weighted by Crippen LogP contribution is 2.14. The van der Waals surface area contributed by atoms with E-state index in [-0.39, 0.29) is 5.91 Å². The molecule has 5 heteroatoms. The maximum absolute atomic E-state index is 11.0. The molecule has 0 saturated carbocycles. The topological polar surface area (TPSA) is 61.0 Å². The third-order valence-electron chi connectivity index (χ3n) is 3.64. The molecule has 5 nitrogen and oxygen atoms in total. The zero-order chi connectivity index (χ0) is 13.1. The van der Waals surface area contributed by atoms with Gasteiger partial charge in [-0.05, 0) is 32.3 Å². The Bertz CT molecular complexity index is 407. The molecule has 1 aliphatic rings. The van der Waals surface area contributed by atoms with Gasteiger partial charge < -0.3 is 10.2 Å². The van der Waals surface area contributed by atoms with Gasteiger partial charge in [0.2, 0.25) is 5.91 Å². The molecule has 0 unspecified atom stereocenters. The first-order valence-corrected chi connectivity index (χ1v) is 6.56. The molecule has 1 aromatic rings. The van der Waals surface area contributed by atoms with E-state index in [0.717, 1.165) is 38.2 Å². The Kier molecular flexibility index (Phi) is 4.01. The second kappa shape index (κ2) is 5.52. The average molecular weight is 250 g/mol. The Morgan fingerprint density at radius 3 is 2.94 bits per heavy atom. The molecular formula is C13H22N4O. The van der Waals surface area contributed by atoms with Gasteiger partial charge in [-0.3, -0.25) is 9.89 Å². The van der Waals surface area contributed by atoms with Crippen LogP contribution in [0.25, 0.3) is 0 Å². The number of aromatic amines is 1. The minimum Gasteiger partial charge on any atom is -0.352 e. The number of aryl methyl sites for hydroxylation is 2. The molecule has 2 rings (SSSR count). The van der Waals surface area contributed by atoms with Gasteiger partial charge in [0, 0.05) is 38.3 Å². The van der Waals surface area contributed by atoms with E-state index in [1.807, 2.05) is 6.92 Å². The summed E-state index contributed by atoms with van der Waals surface area (Å²) in [6.45, 7) is 8.77. The molecule has 1 fully saturated rings. The summed E-state index contributed by atoms with van der Waals surface area (Å²) in [6.07, 6.45) is 2.09. The highest BCUT2D eigenvalue weighted by molar-refractivity contribution is 5.73. The van der Waals surface area contributed by atoms with Gasteiger partial charge in [0.25, 0.3) is 0 Å². The van der Waals surface area contributed by atoms with Gasteiger partial charge >= 0.3 is 0 Å². The third-order valence-corrected chi connectivity index (χ3v) is 3.64. The summed E-state index contributed by atoms with van der Waals surface area (Å²) in [5, 5.41) is 10.2. The molecule has 0 radical (unpaired) electrons. The van der Waals surface area contributed by atoms with Crippen LogP contribution in [-0.2, 0) is 11.2 Å². The van der Waals surface area contributed by atoms with Crippen molar-refractivity contribution in [3.63, 3.8) is 0 Å². The molecule has 1 atom stereocenters. The summed E-state index contributed by atoms with van der Waals surface area (Å²) < 4.78 is 0. The van der Waals surface area contributed by atoms with E-state index < -0.39 is 0 Å². The summed E-state index contributed by atoms with van der Waals surface area (Å²) in [4.78, 5) is 13.4. The van der Waals surface area contributed by atoms with Crippen LogP contribution < -0.4 is 5.32 Å². The second-order valence-electron chi connectivity index (χ2n) is 5.15. The fourth-order valence-electron chi connectivity index (χ4n) is 2.65. The third kappa shape index (κ3) is 3.10. The van der Waals surface area contributed by atoms with Gasteiger partial charge in [-0.2, -0.15) is 5.10 Å². The van der Waals surface area contributed by atoms with Crippen LogP contribution in [0, 0.1) is 13.8 Å². The van der Waals surface area contributed by atoms with Crippen LogP contribution in [0.2, 0.25) is 0 Å². The fourth-order valence-corrected chi connectivity index (χ4v) is 2.65. The first-order chi connectivity index (χ1) is 8.56. The molecule has 1 saturated heterocycles. The van der Waals surface area contributed by atoms with Gasteiger partial charge in [-0.15, -0.1) is 0 Å². The zero-order valence-electron chi connectivity index (χ0n) is 11.4. The Hall–Kier alpha value is -1.36. The monoisotopic (exact) mass is 250 g/mol. The molecule has 0 spiro atoms. The van der Waals surface area contributed by atoms with E-state index in [1.54, 1.807) is 6.92 Å². The number of nitrogens with zero attached hydrogens (tertiary/aromatic N) is 2. The summed E-state index contributed by atoms with van der Waals surface area (Å²) in [7, 11) is 0. The normalized spacial score (nSPS) is 20.3. The van der Waals surface area contributed by atoms with Crippen LogP contribution in [-0.4, -0.2) is 46.7 Å².